The molecule has 2 aromatic rings. The van der Waals surface area contributed by atoms with Gasteiger partial charge in [-0.05, 0) is 51.3 Å². The Morgan fingerprint density at radius 3 is 2.24 bits per heavy atom. The summed E-state index contributed by atoms with van der Waals surface area (Å²) in [6.45, 7) is 7.36. The minimum atomic E-state index is -3.72. The molecule has 8 heteroatoms. The van der Waals surface area contributed by atoms with E-state index in [2.05, 4.69) is 0 Å². The van der Waals surface area contributed by atoms with Crippen molar-refractivity contribution in [2.45, 2.75) is 51.0 Å². The van der Waals surface area contributed by atoms with Gasteiger partial charge in [0.1, 0.15) is 0 Å². The summed E-state index contributed by atoms with van der Waals surface area (Å²) in [4.78, 5) is 27.9. The molecular weight excluding hydrogens is 440 g/mol. The molecule has 1 fully saturated rings. The zero-order valence-corrected chi connectivity index (χ0v) is 20.3. The van der Waals surface area contributed by atoms with Crippen molar-refractivity contribution in [3.63, 3.8) is 0 Å². The van der Waals surface area contributed by atoms with Gasteiger partial charge in [-0.2, -0.15) is 4.31 Å². The molecule has 0 radical (unpaired) electrons. The van der Waals surface area contributed by atoms with Crippen LogP contribution in [0, 0.1) is 6.92 Å². The number of aryl methyl sites for hydroxylation is 1. The fourth-order valence-electron chi connectivity index (χ4n) is 4.01. The first kappa shape index (κ1) is 24.9. The lowest BCUT2D eigenvalue weighted by molar-refractivity contribution is -0.140. The van der Waals surface area contributed by atoms with Gasteiger partial charge in [-0.1, -0.05) is 42.8 Å². The lowest BCUT2D eigenvalue weighted by atomic mass is 10.1. The molecule has 3 rings (SSSR count). The Bertz CT molecular complexity index is 1080. The van der Waals surface area contributed by atoms with Gasteiger partial charge < -0.3 is 9.64 Å². The summed E-state index contributed by atoms with van der Waals surface area (Å²) >= 11 is 0. The summed E-state index contributed by atoms with van der Waals surface area (Å²) < 4.78 is 33.6. The van der Waals surface area contributed by atoms with Crippen molar-refractivity contribution in [1.82, 2.24) is 9.21 Å². The molecule has 1 amide bonds. The largest absolute Gasteiger partial charge is 0.444 e. The number of rotatable bonds is 8. The number of hydrogen-bond acceptors (Lipinski definition) is 5. The third-order valence-corrected chi connectivity index (χ3v) is 8.02. The van der Waals surface area contributed by atoms with E-state index in [0.29, 0.717) is 37.3 Å². The van der Waals surface area contributed by atoms with Crippen LogP contribution in [0.15, 0.2) is 53.4 Å². The predicted octanol–water partition coefficient (Wildman–Crippen LogP) is 3.94. The highest BCUT2D eigenvalue weighted by Crippen LogP contribution is 2.27. The first-order valence-corrected chi connectivity index (χ1v) is 12.9. The van der Waals surface area contributed by atoms with E-state index in [9.17, 15) is 18.0 Å². The summed E-state index contributed by atoms with van der Waals surface area (Å²) in [5, 5.41) is 0. The van der Waals surface area contributed by atoms with Crippen LogP contribution in [0.2, 0.25) is 0 Å². The molecule has 0 N–H and O–H groups in total. The van der Waals surface area contributed by atoms with Crippen molar-refractivity contribution in [2.75, 3.05) is 26.2 Å². The van der Waals surface area contributed by atoms with E-state index >= 15 is 0 Å². The van der Waals surface area contributed by atoms with Gasteiger partial charge >= 0.3 is 5.97 Å². The van der Waals surface area contributed by atoms with Gasteiger partial charge in [0.15, 0.2) is 0 Å². The quantitative estimate of drug-likeness (QED) is 0.544. The number of carbonyl (C=O) groups excluding carboxylic acids is 2. The molecule has 1 saturated heterocycles. The second-order valence-corrected chi connectivity index (χ2v) is 10.1. The molecule has 178 valence electrons. The molecule has 0 bridgehead atoms. The van der Waals surface area contributed by atoms with Crippen LogP contribution in [-0.4, -0.2) is 55.7 Å². The van der Waals surface area contributed by atoms with Crippen LogP contribution < -0.4 is 0 Å². The Morgan fingerprint density at radius 1 is 1.00 bits per heavy atom. The topological polar surface area (TPSA) is 84.0 Å². The van der Waals surface area contributed by atoms with E-state index in [-0.39, 0.29) is 16.4 Å². The Labute approximate surface area is 196 Å². The van der Waals surface area contributed by atoms with E-state index in [1.807, 2.05) is 19.9 Å². The Morgan fingerprint density at radius 2 is 1.64 bits per heavy atom. The van der Waals surface area contributed by atoms with Crippen molar-refractivity contribution in [3.8, 4) is 0 Å². The second kappa shape index (κ2) is 10.9. The van der Waals surface area contributed by atoms with E-state index < -0.39 is 22.1 Å². The normalized spacial score (nSPS) is 15.6. The van der Waals surface area contributed by atoms with Crippen LogP contribution >= 0.6 is 0 Å². The molecule has 0 aromatic heterocycles. The maximum atomic E-state index is 13.2. The molecule has 1 atom stereocenters. The van der Waals surface area contributed by atoms with Crippen molar-refractivity contribution >= 4 is 21.9 Å². The van der Waals surface area contributed by atoms with Crippen LogP contribution in [0.4, 0.5) is 0 Å². The van der Waals surface area contributed by atoms with Crippen molar-refractivity contribution < 1.29 is 22.7 Å². The number of benzene rings is 2. The number of esters is 1. The van der Waals surface area contributed by atoms with Gasteiger partial charge in [0.2, 0.25) is 16.1 Å². The second-order valence-electron chi connectivity index (χ2n) is 8.15. The molecule has 1 heterocycles. The highest BCUT2D eigenvalue weighted by molar-refractivity contribution is 7.89. The molecule has 1 aliphatic heterocycles. The number of nitrogens with zero attached hydrogens (tertiary/aromatic N) is 2. The van der Waals surface area contributed by atoms with E-state index in [1.54, 1.807) is 42.2 Å². The number of carbonyl (C=O) groups is 2. The van der Waals surface area contributed by atoms with Crippen LogP contribution in [-0.2, 0) is 19.6 Å². The van der Waals surface area contributed by atoms with Crippen LogP contribution in [0.5, 0.6) is 0 Å². The number of likely N-dealkylation sites (N-methyl/N-ethyl adjacent to an activating group) is 1. The summed E-state index contributed by atoms with van der Waals surface area (Å²) in [5.41, 5.74) is 1.23. The lowest BCUT2D eigenvalue weighted by Crippen LogP contribution is -2.37. The summed E-state index contributed by atoms with van der Waals surface area (Å²) in [6.07, 6.45) is 1.55. The van der Waals surface area contributed by atoms with E-state index in [0.717, 1.165) is 19.3 Å². The molecule has 0 spiro atoms. The van der Waals surface area contributed by atoms with Crippen LogP contribution in [0.25, 0.3) is 0 Å². The van der Waals surface area contributed by atoms with E-state index in [4.69, 9.17) is 4.74 Å². The zero-order valence-electron chi connectivity index (χ0n) is 19.5. The number of hydrogen-bond donors (Lipinski definition) is 0. The van der Waals surface area contributed by atoms with Crippen molar-refractivity contribution in [2.24, 2.45) is 0 Å². The summed E-state index contributed by atoms with van der Waals surface area (Å²) in [7, 11) is -3.72. The molecule has 33 heavy (non-hydrogen) atoms. The Balaban J connectivity index is 1.91. The predicted molar refractivity (Wildman–Crippen MR) is 126 cm³/mol. The zero-order chi connectivity index (χ0) is 24.0. The third-order valence-electron chi connectivity index (χ3n) is 5.98. The van der Waals surface area contributed by atoms with Crippen molar-refractivity contribution in [3.05, 3.63) is 65.2 Å². The summed E-state index contributed by atoms with van der Waals surface area (Å²) in [5.74, 6) is -1.05. The molecule has 0 unspecified atom stereocenters. The number of sulfonamides is 1. The number of ether oxygens (including phenoxy) is 1. The first-order valence-electron chi connectivity index (χ1n) is 11.4. The maximum absolute atomic E-state index is 13.2. The van der Waals surface area contributed by atoms with Gasteiger partial charge in [0.25, 0.3) is 5.91 Å². The van der Waals surface area contributed by atoms with Gasteiger partial charge in [0.05, 0.1) is 10.5 Å². The molecule has 0 aliphatic carbocycles. The molecular formula is C25H32N2O5S. The van der Waals surface area contributed by atoms with Crippen molar-refractivity contribution in [1.29, 1.82) is 0 Å². The average molecular weight is 473 g/mol. The molecule has 1 aliphatic rings. The smallest absolute Gasteiger partial charge is 0.339 e. The fraction of sp³-hybridized carbons (Fsp3) is 0.440. The molecule has 0 saturated carbocycles. The van der Waals surface area contributed by atoms with Gasteiger partial charge in [-0.15, -0.1) is 0 Å². The Kier molecular flexibility index (Phi) is 8.26. The highest BCUT2D eigenvalue weighted by atomic mass is 32.2. The highest BCUT2D eigenvalue weighted by Gasteiger charge is 2.31. The van der Waals surface area contributed by atoms with Gasteiger partial charge in [-0.25, -0.2) is 13.2 Å². The monoisotopic (exact) mass is 472 g/mol. The van der Waals surface area contributed by atoms with Crippen LogP contribution in [0.3, 0.4) is 0 Å². The first-order chi connectivity index (χ1) is 15.8. The Hall–Kier alpha value is -2.71. The number of amides is 1. The molecule has 7 nitrogen and oxygen atoms in total. The average Bonchev–Trinajstić information content (AvgIpc) is 2.84. The minimum absolute atomic E-state index is 0.101. The summed E-state index contributed by atoms with van der Waals surface area (Å²) in [6, 6.07) is 13.4. The van der Waals surface area contributed by atoms with E-state index in [1.165, 1.54) is 16.4 Å². The number of piperidine rings is 1. The third kappa shape index (κ3) is 5.62. The SMILES string of the molecule is CCN(CC)C(=O)[C@H](OC(=O)c1ccc(C)c(S(=O)(=O)N2CCCCC2)c1)c1ccccc1. The maximum Gasteiger partial charge on any atom is 0.339 e. The standard InChI is InChI=1S/C25H32N2O5S/c1-4-26(5-2)24(28)23(20-12-8-6-9-13-20)32-25(29)21-15-14-19(3)22(18-21)33(30,31)27-16-10-7-11-17-27/h6,8-9,12-15,18,23H,4-5,7,10-11,16-17H2,1-3H3/t23-/m1/s1. The van der Waals surface area contributed by atoms with Gasteiger partial charge in [-0.3, -0.25) is 4.79 Å². The van der Waals surface area contributed by atoms with Crippen LogP contribution in [0.1, 0.15) is 60.7 Å². The lowest BCUT2D eigenvalue weighted by Gasteiger charge is -2.27. The van der Waals surface area contributed by atoms with Gasteiger partial charge in [0, 0.05) is 31.7 Å². The fourth-order valence-corrected chi connectivity index (χ4v) is 5.78. The molecule has 2 aromatic carbocycles. The minimum Gasteiger partial charge on any atom is -0.444 e.